The van der Waals surface area contributed by atoms with Gasteiger partial charge in [-0.05, 0) is 0 Å². The average molecular weight is 184 g/mol. The van der Waals surface area contributed by atoms with E-state index in [1.165, 1.54) is 0 Å². The van der Waals surface area contributed by atoms with Crippen LogP contribution < -0.4 is 0 Å². The lowest BCUT2D eigenvalue weighted by Gasteiger charge is -2.10. The van der Waals surface area contributed by atoms with Gasteiger partial charge in [0.05, 0.1) is 9.85 Å². The Kier molecular flexibility index (Phi) is 2.97. The molecular formula is C5H11O5P. The lowest BCUT2D eigenvalue weighted by molar-refractivity contribution is -0.137. The van der Waals surface area contributed by atoms with Gasteiger partial charge in [-0.15, -0.1) is 0 Å². The molecule has 0 unspecified atom stereocenters. The Morgan fingerprint density at radius 3 is 2.18 bits per heavy atom. The molecule has 0 amide bonds. The maximum absolute atomic E-state index is 11.5. The summed E-state index contributed by atoms with van der Waals surface area (Å²) in [7, 11) is -1.13. The van der Waals surface area contributed by atoms with Gasteiger partial charge in [-0.2, -0.15) is 0 Å². The molecule has 0 spiro atoms. The standard InChI is InChI=1S/C5H11O5P/c1-8-5(6)4-11(7,9-2)10-3/h4H2,1-3H3/i4D2. The van der Waals surface area contributed by atoms with Crippen LogP contribution in [0, 0.1) is 0 Å². The monoisotopic (exact) mass is 184 g/mol. The van der Waals surface area contributed by atoms with Crippen molar-refractivity contribution in [2.24, 2.45) is 0 Å². The summed E-state index contributed by atoms with van der Waals surface area (Å²) in [6, 6.07) is 0. The van der Waals surface area contributed by atoms with Crippen molar-refractivity contribution in [2.45, 2.75) is 0 Å². The van der Waals surface area contributed by atoms with Gasteiger partial charge in [-0.25, -0.2) is 0 Å². The van der Waals surface area contributed by atoms with Crippen molar-refractivity contribution in [1.29, 1.82) is 0 Å². The molecule has 0 rings (SSSR count). The molecule has 0 saturated heterocycles. The molecule has 0 fully saturated rings. The van der Waals surface area contributed by atoms with Crippen molar-refractivity contribution in [3.05, 3.63) is 0 Å². The minimum absolute atomic E-state index is 0.982. The van der Waals surface area contributed by atoms with Crippen LogP contribution in [0.15, 0.2) is 0 Å². The quantitative estimate of drug-likeness (QED) is 0.474. The predicted molar refractivity (Wildman–Crippen MR) is 38.5 cm³/mol. The molecule has 0 aromatic heterocycles. The van der Waals surface area contributed by atoms with Crippen LogP contribution in [0.5, 0.6) is 0 Å². The summed E-state index contributed by atoms with van der Waals surface area (Å²) < 4.78 is 38.6. The topological polar surface area (TPSA) is 61.8 Å². The highest BCUT2D eigenvalue weighted by Gasteiger charge is 2.25. The molecule has 0 aromatic rings. The molecule has 0 saturated carbocycles. The lowest BCUT2D eigenvalue weighted by atomic mass is 10.8. The van der Waals surface area contributed by atoms with Gasteiger partial charge < -0.3 is 13.8 Å². The number of carbonyl (C=O) groups excluding carboxylic acids is 1. The van der Waals surface area contributed by atoms with Gasteiger partial charge in [0.2, 0.25) is 0 Å². The molecule has 0 bridgehead atoms. The Bertz CT molecular complexity index is 233. The molecule has 0 atom stereocenters. The van der Waals surface area contributed by atoms with Crippen LogP contribution in [0.3, 0.4) is 0 Å². The van der Waals surface area contributed by atoms with Crippen molar-refractivity contribution in [1.82, 2.24) is 0 Å². The van der Waals surface area contributed by atoms with E-state index in [9.17, 15) is 9.36 Å². The summed E-state index contributed by atoms with van der Waals surface area (Å²) in [5.74, 6) is -1.29. The van der Waals surface area contributed by atoms with Gasteiger partial charge >= 0.3 is 13.6 Å². The normalized spacial score (nSPS) is 15.2. The zero-order valence-electron chi connectivity index (χ0n) is 8.49. The highest BCUT2D eigenvalue weighted by molar-refractivity contribution is 7.54. The Hall–Kier alpha value is -0.380. The zero-order valence-corrected chi connectivity index (χ0v) is 7.38. The molecule has 5 nitrogen and oxygen atoms in total. The molecule has 11 heavy (non-hydrogen) atoms. The Morgan fingerprint density at radius 1 is 1.45 bits per heavy atom. The maximum atomic E-state index is 11.5. The minimum atomic E-state index is -4.10. The van der Waals surface area contributed by atoms with Crippen LogP contribution in [-0.2, 0) is 23.1 Å². The van der Waals surface area contributed by atoms with Crippen LogP contribution in [-0.4, -0.2) is 33.4 Å². The third-order valence-electron chi connectivity index (χ3n) is 0.894. The molecule has 0 N–H and O–H groups in total. The Balaban J connectivity index is 5.00. The van der Waals surface area contributed by atoms with E-state index in [0.29, 0.717) is 0 Å². The van der Waals surface area contributed by atoms with E-state index in [4.69, 9.17) is 2.74 Å². The van der Waals surface area contributed by atoms with E-state index in [1.54, 1.807) is 0 Å². The van der Waals surface area contributed by atoms with E-state index in [1.807, 2.05) is 0 Å². The maximum Gasteiger partial charge on any atom is 0.341 e. The fraction of sp³-hybridized carbons (Fsp3) is 0.800. The van der Waals surface area contributed by atoms with E-state index < -0.39 is 19.7 Å². The molecule has 0 aromatic carbocycles. The number of ether oxygens (including phenoxy) is 1. The molecule has 0 aliphatic heterocycles. The number of carbonyl (C=O) groups is 1. The first-order chi connectivity index (χ1) is 5.85. The number of esters is 1. The van der Waals surface area contributed by atoms with Crippen LogP contribution in [0.25, 0.3) is 0 Å². The average Bonchev–Trinajstić information content (AvgIpc) is 2.14. The highest BCUT2D eigenvalue weighted by Crippen LogP contribution is 2.45. The molecule has 0 aliphatic carbocycles. The van der Waals surface area contributed by atoms with E-state index in [-0.39, 0.29) is 0 Å². The van der Waals surface area contributed by atoms with E-state index in [0.717, 1.165) is 21.3 Å². The van der Waals surface area contributed by atoms with Crippen LogP contribution >= 0.6 is 7.60 Å². The third-order valence-corrected chi connectivity index (χ3v) is 2.31. The van der Waals surface area contributed by atoms with Gasteiger partial charge in [0.25, 0.3) is 0 Å². The van der Waals surface area contributed by atoms with Gasteiger partial charge in [0.15, 0.2) is 0 Å². The second kappa shape index (κ2) is 4.49. The summed E-state index contributed by atoms with van der Waals surface area (Å²) in [5, 5.41) is 0. The smallest absolute Gasteiger partial charge is 0.341 e. The third kappa shape index (κ3) is 3.51. The largest absolute Gasteiger partial charge is 0.469 e. The highest BCUT2D eigenvalue weighted by atomic mass is 31.2. The fourth-order valence-electron chi connectivity index (χ4n) is 0.323. The molecule has 0 heterocycles. The number of hydrogen-bond donors (Lipinski definition) is 0. The molecular weight excluding hydrogens is 171 g/mol. The van der Waals surface area contributed by atoms with Gasteiger partial charge in [-0.3, -0.25) is 9.36 Å². The first kappa shape index (κ1) is 7.28. The Morgan fingerprint density at radius 2 is 1.91 bits per heavy atom. The van der Waals surface area contributed by atoms with E-state index >= 15 is 0 Å². The molecule has 6 heteroatoms. The first-order valence-corrected chi connectivity index (χ1v) is 4.20. The lowest BCUT2D eigenvalue weighted by Crippen LogP contribution is -2.08. The summed E-state index contributed by atoms with van der Waals surface area (Å²) in [6.45, 7) is 0. The summed E-state index contributed by atoms with van der Waals surface area (Å²) in [4.78, 5) is 10.9. The first-order valence-electron chi connectivity index (χ1n) is 3.65. The minimum Gasteiger partial charge on any atom is -0.469 e. The van der Waals surface area contributed by atoms with Gasteiger partial charge in [-0.1, -0.05) is 0 Å². The number of hydrogen-bond acceptors (Lipinski definition) is 5. The second-order valence-electron chi connectivity index (χ2n) is 1.47. The zero-order chi connectivity index (χ0) is 10.7. The van der Waals surface area contributed by atoms with E-state index in [2.05, 4.69) is 13.8 Å². The molecule has 66 valence electrons. The summed E-state index contributed by atoms with van der Waals surface area (Å²) >= 11 is 0. The van der Waals surface area contributed by atoms with Crippen LogP contribution in [0.2, 0.25) is 0 Å². The van der Waals surface area contributed by atoms with Crippen molar-refractivity contribution in [3.8, 4) is 0 Å². The SMILES string of the molecule is [2H]C([2H])(C(=O)OC)P(=O)(OC)OC. The van der Waals surface area contributed by atoms with Crippen molar-refractivity contribution in [2.75, 3.05) is 27.4 Å². The van der Waals surface area contributed by atoms with Crippen molar-refractivity contribution in [3.63, 3.8) is 0 Å². The number of methoxy groups -OCH3 is 1. The molecule has 0 radical (unpaired) electrons. The molecule has 0 aliphatic rings. The van der Waals surface area contributed by atoms with Crippen molar-refractivity contribution < 1.29 is 25.9 Å². The second-order valence-corrected chi connectivity index (χ2v) is 3.41. The Labute approximate surface area is 68.0 Å². The van der Waals surface area contributed by atoms with Crippen molar-refractivity contribution >= 4 is 13.6 Å². The van der Waals surface area contributed by atoms with Gasteiger partial charge in [0, 0.05) is 14.2 Å². The number of rotatable bonds is 4. The summed E-state index contributed by atoms with van der Waals surface area (Å²) in [6.07, 6.45) is -2.79. The van der Waals surface area contributed by atoms with Gasteiger partial charge in [0.1, 0.15) is 6.11 Å². The predicted octanol–water partition coefficient (Wildman–Crippen LogP) is 0.645. The van der Waals surface area contributed by atoms with Crippen LogP contribution in [0.1, 0.15) is 2.74 Å². The van der Waals surface area contributed by atoms with Crippen LogP contribution in [0.4, 0.5) is 0 Å². The summed E-state index contributed by atoms with van der Waals surface area (Å²) in [5.41, 5.74) is 0. The fourth-order valence-corrected chi connectivity index (χ4v) is 0.970.